The normalized spacial score (nSPS) is 24.8. The largest absolute Gasteiger partial charge is 0.475 e. The summed E-state index contributed by atoms with van der Waals surface area (Å²) in [7, 11) is 0. The van der Waals surface area contributed by atoms with Gasteiger partial charge in [-0.2, -0.15) is 0 Å². The van der Waals surface area contributed by atoms with Crippen LogP contribution in [-0.2, 0) is 14.3 Å². The predicted molar refractivity (Wildman–Crippen MR) is 99.5 cm³/mol. The Morgan fingerprint density at radius 3 is 2.69 bits per heavy atom. The molecule has 0 aliphatic carbocycles. The van der Waals surface area contributed by atoms with E-state index in [1.807, 2.05) is 39.8 Å². The molecular formula is C20H26N2O4. The van der Waals surface area contributed by atoms with Gasteiger partial charge in [-0.25, -0.2) is 4.99 Å². The fraction of sp³-hybridized carbons (Fsp3) is 0.550. The molecule has 0 saturated heterocycles. The molecule has 1 aromatic heterocycles. The number of furan rings is 1. The van der Waals surface area contributed by atoms with E-state index in [1.165, 1.54) is 0 Å². The van der Waals surface area contributed by atoms with Crippen molar-refractivity contribution in [2.45, 2.75) is 52.5 Å². The van der Waals surface area contributed by atoms with Crippen LogP contribution < -0.4 is 0 Å². The first kappa shape index (κ1) is 18.4. The Labute approximate surface area is 154 Å². The molecule has 140 valence electrons. The van der Waals surface area contributed by atoms with Crippen molar-refractivity contribution in [3.05, 3.63) is 35.4 Å². The predicted octanol–water partition coefficient (Wildman–Crippen LogP) is 3.89. The van der Waals surface area contributed by atoms with Crippen LogP contribution in [0.2, 0.25) is 0 Å². The Morgan fingerprint density at radius 1 is 1.38 bits per heavy atom. The maximum Gasteiger partial charge on any atom is 0.315 e. The molecular weight excluding hydrogens is 332 g/mol. The molecule has 26 heavy (non-hydrogen) atoms. The van der Waals surface area contributed by atoms with E-state index < -0.39 is 5.92 Å². The van der Waals surface area contributed by atoms with Gasteiger partial charge in [-0.05, 0) is 46.2 Å². The minimum atomic E-state index is -0.554. The summed E-state index contributed by atoms with van der Waals surface area (Å²) >= 11 is 0. The van der Waals surface area contributed by atoms with Crippen molar-refractivity contribution < 1.29 is 18.7 Å². The van der Waals surface area contributed by atoms with Gasteiger partial charge in [0.05, 0.1) is 24.3 Å². The number of ether oxygens (including phenoxy) is 2. The van der Waals surface area contributed by atoms with E-state index in [2.05, 4.69) is 0 Å². The van der Waals surface area contributed by atoms with Crippen LogP contribution >= 0.6 is 0 Å². The monoisotopic (exact) mass is 358 g/mol. The average molecular weight is 358 g/mol. The number of allylic oxidation sites excluding steroid dienone is 1. The van der Waals surface area contributed by atoms with Crippen molar-refractivity contribution >= 4 is 17.6 Å². The Balaban J connectivity index is 2.17. The Hall–Kier alpha value is -2.37. The molecule has 6 heteroatoms. The number of hydrogen-bond donors (Lipinski definition) is 0. The molecule has 0 saturated carbocycles. The molecule has 0 N–H and O–H groups in total. The van der Waals surface area contributed by atoms with Crippen molar-refractivity contribution in [2.24, 2.45) is 15.9 Å². The van der Waals surface area contributed by atoms with Crippen molar-refractivity contribution in [1.29, 1.82) is 0 Å². The molecule has 0 spiro atoms. The highest BCUT2D eigenvalue weighted by molar-refractivity contribution is 6.08. The van der Waals surface area contributed by atoms with Crippen LogP contribution in [-0.4, -0.2) is 36.3 Å². The van der Waals surface area contributed by atoms with Gasteiger partial charge in [0.15, 0.2) is 0 Å². The summed E-state index contributed by atoms with van der Waals surface area (Å²) in [6.45, 7) is 10.6. The van der Waals surface area contributed by atoms with Crippen LogP contribution in [0.1, 0.15) is 52.7 Å². The lowest BCUT2D eigenvalue weighted by atomic mass is 9.77. The van der Waals surface area contributed by atoms with E-state index >= 15 is 0 Å². The van der Waals surface area contributed by atoms with Gasteiger partial charge in [0.1, 0.15) is 18.3 Å². The Kier molecular flexibility index (Phi) is 5.03. The summed E-state index contributed by atoms with van der Waals surface area (Å²) in [5.41, 5.74) is 2.13. The summed E-state index contributed by atoms with van der Waals surface area (Å²) in [6, 6.07) is 3.70. The smallest absolute Gasteiger partial charge is 0.315 e. The van der Waals surface area contributed by atoms with E-state index in [-0.39, 0.29) is 17.4 Å². The van der Waals surface area contributed by atoms with Crippen LogP contribution in [0, 0.1) is 5.92 Å². The fourth-order valence-corrected chi connectivity index (χ4v) is 3.49. The molecule has 0 fully saturated rings. The molecule has 0 radical (unpaired) electrons. The number of esters is 1. The first-order chi connectivity index (χ1) is 12.4. The van der Waals surface area contributed by atoms with Crippen LogP contribution in [0.5, 0.6) is 0 Å². The summed E-state index contributed by atoms with van der Waals surface area (Å²) in [5, 5.41) is 0. The SMILES string of the molecule is CCOC(=O)C1C(C)=NC(CC)=C(C2=NC(C)(C)CO2)C1c1ccco1. The zero-order valence-corrected chi connectivity index (χ0v) is 16.0. The quantitative estimate of drug-likeness (QED) is 0.749. The molecule has 6 nitrogen and oxygen atoms in total. The van der Waals surface area contributed by atoms with Crippen molar-refractivity contribution in [3.63, 3.8) is 0 Å². The van der Waals surface area contributed by atoms with Gasteiger partial charge in [0, 0.05) is 17.0 Å². The molecule has 0 aromatic carbocycles. The minimum Gasteiger partial charge on any atom is -0.475 e. The maximum atomic E-state index is 12.7. The van der Waals surface area contributed by atoms with Gasteiger partial charge in [-0.15, -0.1) is 0 Å². The summed E-state index contributed by atoms with van der Waals surface area (Å²) in [5.74, 6) is 0.0271. The van der Waals surface area contributed by atoms with Gasteiger partial charge < -0.3 is 13.9 Å². The van der Waals surface area contributed by atoms with E-state index in [9.17, 15) is 4.79 Å². The van der Waals surface area contributed by atoms with E-state index in [4.69, 9.17) is 23.9 Å². The number of nitrogens with zero attached hydrogens (tertiary/aromatic N) is 2. The first-order valence-corrected chi connectivity index (χ1v) is 9.09. The molecule has 2 aliphatic rings. The van der Waals surface area contributed by atoms with Crippen molar-refractivity contribution in [2.75, 3.05) is 13.2 Å². The minimum absolute atomic E-state index is 0.301. The maximum absolute atomic E-state index is 12.7. The molecule has 0 amide bonds. The second-order valence-corrected chi connectivity index (χ2v) is 7.21. The lowest BCUT2D eigenvalue weighted by molar-refractivity contribution is -0.146. The zero-order chi connectivity index (χ0) is 18.9. The summed E-state index contributed by atoms with van der Waals surface area (Å²) in [6.07, 6.45) is 2.32. The lowest BCUT2D eigenvalue weighted by Crippen LogP contribution is -2.36. The third-order valence-electron chi connectivity index (χ3n) is 4.64. The second-order valence-electron chi connectivity index (χ2n) is 7.21. The fourth-order valence-electron chi connectivity index (χ4n) is 3.49. The molecule has 3 rings (SSSR count). The van der Waals surface area contributed by atoms with Crippen LogP contribution in [0.15, 0.2) is 44.1 Å². The highest BCUT2D eigenvalue weighted by Crippen LogP contribution is 2.42. The first-order valence-electron chi connectivity index (χ1n) is 9.09. The standard InChI is InChI=1S/C20H26N2O4/c1-6-13-16(18-22-20(4,5)11-26-18)17(14-9-8-10-25-14)15(12(3)21-13)19(23)24-7-2/h8-10,15,17H,6-7,11H2,1-5H3. The molecule has 1 aromatic rings. The van der Waals surface area contributed by atoms with Crippen molar-refractivity contribution in [3.8, 4) is 0 Å². The number of hydrogen-bond acceptors (Lipinski definition) is 6. The van der Waals surface area contributed by atoms with Crippen LogP contribution in [0.3, 0.4) is 0 Å². The average Bonchev–Trinajstić information content (AvgIpc) is 3.23. The Morgan fingerprint density at radius 2 is 2.15 bits per heavy atom. The summed E-state index contributed by atoms with van der Waals surface area (Å²) in [4.78, 5) is 22.2. The Bertz CT molecular complexity index is 772. The van der Waals surface area contributed by atoms with Gasteiger partial charge in [0.2, 0.25) is 5.90 Å². The van der Waals surface area contributed by atoms with Crippen LogP contribution in [0.25, 0.3) is 0 Å². The number of aliphatic imine (C=N–C) groups is 2. The van der Waals surface area contributed by atoms with Gasteiger partial charge in [-0.1, -0.05) is 6.92 Å². The highest BCUT2D eigenvalue weighted by Gasteiger charge is 2.45. The molecule has 2 unspecified atom stereocenters. The zero-order valence-electron chi connectivity index (χ0n) is 16.0. The third kappa shape index (κ3) is 3.32. The molecule has 3 heterocycles. The van der Waals surface area contributed by atoms with Gasteiger partial charge in [0.25, 0.3) is 0 Å². The molecule has 0 bridgehead atoms. The van der Waals surface area contributed by atoms with E-state index in [1.54, 1.807) is 13.2 Å². The van der Waals surface area contributed by atoms with Gasteiger partial charge in [-0.3, -0.25) is 9.79 Å². The highest BCUT2D eigenvalue weighted by atomic mass is 16.5. The van der Waals surface area contributed by atoms with Crippen molar-refractivity contribution in [1.82, 2.24) is 0 Å². The second kappa shape index (κ2) is 7.09. The molecule has 2 atom stereocenters. The van der Waals surface area contributed by atoms with Gasteiger partial charge >= 0.3 is 5.97 Å². The van der Waals surface area contributed by atoms with E-state index in [0.717, 1.165) is 17.0 Å². The number of carbonyl (C=O) groups is 1. The van der Waals surface area contributed by atoms with E-state index in [0.29, 0.717) is 31.3 Å². The number of rotatable bonds is 5. The number of carbonyl (C=O) groups excluding carboxylic acids is 1. The van der Waals surface area contributed by atoms with Crippen LogP contribution in [0.4, 0.5) is 0 Å². The molecule has 2 aliphatic heterocycles. The lowest BCUT2D eigenvalue weighted by Gasteiger charge is -2.31. The summed E-state index contributed by atoms with van der Waals surface area (Å²) < 4.78 is 17.0. The topological polar surface area (TPSA) is 73.4 Å². The third-order valence-corrected chi connectivity index (χ3v) is 4.64.